The maximum Gasteiger partial charge on any atom is 0.239 e. The Labute approximate surface area is 151 Å². The normalized spacial score (nSPS) is 11.6. The molecule has 3 aromatic rings. The van der Waals surface area contributed by atoms with E-state index in [0.29, 0.717) is 21.5 Å². The topological polar surface area (TPSA) is 68.2 Å². The highest BCUT2D eigenvalue weighted by molar-refractivity contribution is 7.90. The molecule has 0 aliphatic heterocycles. The number of carbonyl (C=O) groups excluding carboxylic acids is 1. The maximum absolute atomic E-state index is 13.0. The molecule has 0 saturated heterocycles. The molecule has 2 aromatic carbocycles. The Morgan fingerprint density at radius 1 is 1.12 bits per heavy atom. The SMILES string of the molecule is CNC(=O)Cn1cc(S(=O)(=O)Cc2ccccc2Cl)c2ccccc21. The lowest BCUT2D eigenvalue weighted by Crippen LogP contribution is -2.23. The molecule has 0 fully saturated rings. The van der Waals surface area contributed by atoms with Gasteiger partial charge < -0.3 is 9.88 Å². The van der Waals surface area contributed by atoms with Crippen molar-refractivity contribution in [1.29, 1.82) is 0 Å². The molecule has 0 saturated carbocycles. The number of nitrogens with one attached hydrogen (secondary N) is 1. The summed E-state index contributed by atoms with van der Waals surface area (Å²) in [5.41, 5.74) is 1.25. The van der Waals surface area contributed by atoms with Gasteiger partial charge in [-0.25, -0.2) is 8.42 Å². The van der Waals surface area contributed by atoms with Gasteiger partial charge in [-0.15, -0.1) is 0 Å². The minimum atomic E-state index is -3.62. The van der Waals surface area contributed by atoms with Gasteiger partial charge in [-0.1, -0.05) is 48.0 Å². The third-order valence-corrected chi connectivity index (χ3v) is 6.04. The van der Waals surface area contributed by atoms with Crippen LogP contribution in [-0.2, 0) is 26.9 Å². The molecule has 0 radical (unpaired) electrons. The molecule has 0 spiro atoms. The molecule has 1 aromatic heterocycles. The first-order valence-corrected chi connectivity index (χ1v) is 9.70. The fourth-order valence-corrected chi connectivity index (χ4v) is 4.62. The summed E-state index contributed by atoms with van der Waals surface area (Å²) in [6.07, 6.45) is 1.52. The van der Waals surface area contributed by atoms with Crippen LogP contribution < -0.4 is 5.32 Å². The second kappa shape index (κ2) is 6.90. The van der Waals surface area contributed by atoms with Crippen LogP contribution in [0.1, 0.15) is 5.56 Å². The molecule has 0 atom stereocenters. The monoisotopic (exact) mass is 376 g/mol. The first-order chi connectivity index (χ1) is 11.9. The van der Waals surface area contributed by atoms with Gasteiger partial charge in [0.05, 0.1) is 10.6 Å². The lowest BCUT2D eigenvalue weighted by molar-refractivity contribution is -0.121. The van der Waals surface area contributed by atoms with Gasteiger partial charge in [-0.05, 0) is 17.7 Å². The molecule has 130 valence electrons. The summed E-state index contributed by atoms with van der Waals surface area (Å²) in [4.78, 5) is 11.9. The molecule has 0 aliphatic rings. The smallest absolute Gasteiger partial charge is 0.239 e. The van der Waals surface area contributed by atoms with Gasteiger partial charge in [0.1, 0.15) is 6.54 Å². The zero-order valence-corrected chi connectivity index (χ0v) is 15.1. The van der Waals surface area contributed by atoms with Gasteiger partial charge in [0, 0.05) is 29.2 Å². The van der Waals surface area contributed by atoms with E-state index in [1.54, 1.807) is 54.1 Å². The number of sulfone groups is 1. The van der Waals surface area contributed by atoms with E-state index in [2.05, 4.69) is 5.32 Å². The van der Waals surface area contributed by atoms with Crippen LogP contribution in [0.5, 0.6) is 0 Å². The fraction of sp³-hybridized carbons (Fsp3) is 0.167. The van der Waals surface area contributed by atoms with Crippen molar-refractivity contribution in [2.75, 3.05) is 7.05 Å². The molecule has 7 heteroatoms. The summed E-state index contributed by atoms with van der Waals surface area (Å²) in [5.74, 6) is -0.392. The summed E-state index contributed by atoms with van der Waals surface area (Å²) < 4.78 is 27.6. The van der Waals surface area contributed by atoms with Gasteiger partial charge in [0.15, 0.2) is 9.84 Å². The number of hydrogen-bond acceptors (Lipinski definition) is 3. The highest BCUT2D eigenvalue weighted by Gasteiger charge is 2.23. The Morgan fingerprint density at radius 3 is 2.52 bits per heavy atom. The number of benzene rings is 2. The zero-order valence-electron chi connectivity index (χ0n) is 13.6. The third-order valence-electron chi connectivity index (χ3n) is 3.98. The minimum Gasteiger partial charge on any atom is -0.358 e. The van der Waals surface area contributed by atoms with E-state index in [0.717, 1.165) is 0 Å². The second-order valence-corrected chi connectivity index (χ2v) is 8.03. The van der Waals surface area contributed by atoms with Crippen molar-refractivity contribution in [3.8, 4) is 0 Å². The van der Waals surface area contributed by atoms with E-state index >= 15 is 0 Å². The Hall–Kier alpha value is -2.31. The zero-order chi connectivity index (χ0) is 18.0. The van der Waals surface area contributed by atoms with Crippen LogP contribution >= 0.6 is 11.6 Å². The van der Waals surface area contributed by atoms with Gasteiger partial charge in [0.25, 0.3) is 0 Å². The number of carbonyl (C=O) groups is 1. The molecule has 5 nitrogen and oxygen atoms in total. The van der Waals surface area contributed by atoms with Crippen molar-refractivity contribution >= 4 is 38.2 Å². The number of fused-ring (bicyclic) bond motifs is 1. The Bertz CT molecular complexity index is 1040. The Morgan fingerprint density at radius 2 is 1.80 bits per heavy atom. The molecule has 0 bridgehead atoms. The molecule has 3 rings (SSSR count). The molecular weight excluding hydrogens is 360 g/mol. The number of halogens is 1. The third kappa shape index (κ3) is 3.55. The predicted octanol–water partition coefficient (Wildman–Crippen LogP) is 3.01. The minimum absolute atomic E-state index is 0.0542. The van der Waals surface area contributed by atoms with Gasteiger partial charge in [-0.2, -0.15) is 0 Å². The van der Waals surface area contributed by atoms with E-state index < -0.39 is 9.84 Å². The Kier molecular flexibility index (Phi) is 4.83. The number of rotatable bonds is 5. The summed E-state index contributed by atoms with van der Waals surface area (Å²) in [7, 11) is -2.08. The van der Waals surface area contributed by atoms with Crippen molar-refractivity contribution in [1.82, 2.24) is 9.88 Å². The van der Waals surface area contributed by atoms with Gasteiger partial charge in [-0.3, -0.25) is 4.79 Å². The molecule has 1 heterocycles. The molecule has 1 N–H and O–H groups in total. The number of hydrogen-bond donors (Lipinski definition) is 1. The van der Waals surface area contributed by atoms with E-state index in [4.69, 9.17) is 11.6 Å². The van der Waals surface area contributed by atoms with Crippen LogP contribution in [0.2, 0.25) is 5.02 Å². The van der Waals surface area contributed by atoms with Crippen molar-refractivity contribution < 1.29 is 13.2 Å². The highest BCUT2D eigenvalue weighted by atomic mass is 35.5. The lowest BCUT2D eigenvalue weighted by Gasteiger charge is -2.05. The summed E-state index contributed by atoms with van der Waals surface area (Å²) >= 11 is 6.11. The number of likely N-dealkylation sites (N-methyl/N-ethyl adjacent to an activating group) is 1. The molecule has 0 unspecified atom stereocenters. The largest absolute Gasteiger partial charge is 0.358 e. The van der Waals surface area contributed by atoms with Crippen molar-refractivity contribution in [3.63, 3.8) is 0 Å². The number of amides is 1. The fourth-order valence-electron chi connectivity index (χ4n) is 2.72. The molecular formula is C18H17ClN2O3S. The van der Waals surface area contributed by atoms with Crippen LogP contribution in [0.15, 0.2) is 59.6 Å². The summed E-state index contributed by atoms with van der Waals surface area (Å²) in [5, 5.41) is 3.56. The number of aromatic nitrogens is 1. The van der Waals surface area contributed by atoms with E-state index in [1.807, 2.05) is 6.07 Å². The number of nitrogens with zero attached hydrogens (tertiary/aromatic N) is 1. The van der Waals surface area contributed by atoms with E-state index in [9.17, 15) is 13.2 Å². The van der Waals surface area contributed by atoms with Crippen LogP contribution in [0.3, 0.4) is 0 Å². The van der Waals surface area contributed by atoms with E-state index in [-0.39, 0.29) is 23.1 Å². The first-order valence-electron chi connectivity index (χ1n) is 7.67. The lowest BCUT2D eigenvalue weighted by atomic mass is 10.2. The van der Waals surface area contributed by atoms with Gasteiger partial charge in [0.2, 0.25) is 5.91 Å². The molecule has 25 heavy (non-hydrogen) atoms. The molecule has 0 aliphatic carbocycles. The molecule has 1 amide bonds. The van der Waals surface area contributed by atoms with Crippen molar-refractivity contribution in [2.45, 2.75) is 17.2 Å². The van der Waals surface area contributed by atoms with Crippen molar-refractivity contribution in [3.05, 3.63) is 65.3 Å². The summed E-state index contributed by atoms with van der Waals surface area (Å²) in [6.45, 7) is 0.0542. The average molecular weight is 377 g/mol. The summed E-state index contributed by atoms with van der Waals surface area (Å²) in [6, 6.07) is 14.0. The van der Waals surface area contributed by atoms with Gasteiger partial charge >= 0.3 is 0 Å². The number of para-hydroxylation sites is 1. The highest BCUT2D eigenvalue weighted by Crippen LogP contribution is 2.29. The second-order valence-electron chi connectivity index (χ2n) is 5.66. The quantitative estimate of drug-likeness (QED) is 0.744. The van der Waals surface area contributed by atoms with Crippen LogP contribution in [-0.4, -0.2) is 25.9 Å². The van der Waals surface area contributed by atoms with Crippen molar-refractivity contribution in [2.24, 2.45) is 0 Å². The Balaban J connectivity index is 2.08. The van der Waals surface area contributed by atoms with Crippen LogP contribution in [0.4, 0.5) is 0 Å². The first kappa shape index (κ1) is 17.5. The standard InChI is InChI=1S/C18H17ClN2O3S/c1-20-18(22)11-21-10-17(14-7-3-5-9-16(14)21)25(23,24)12-13-6-2-4-8-15(13)19/h2-10H,11-12H2,1H3,(H,20,22). The van der Waals surface area contributed by atoms with Crippen LogP contribution in [0.25, 0.3) is 10.9 Å². The predicted molar refractivity (Wildman–Crippen MR) is 98.3 cm³/mol. The van der Waals surface area contributed by atoms with E-state index in [1.165, 1.54) is 6.20 Å². The maximum atomic E-state index is 13.0. The average Bonchev–Trinajstić information content (AvgIpc) is 2.96. The van der Waals surface area contributed by atoms with Crippen LogP contribution in [0, 0.1) is 0 Å².